The fourth-order valence-electron chi connectivity index (χ4n) is 3.33. The number of ether oxygens (including phenoxy) is 1. The van der Waals surface area contributed by atoms with E-state index in [1.165, 1.54) is 18.2 Å². The first-order valence-corrected chi connectivity index (χ1v) is 10.0. The van der Waals surface area contributed by atoms with E-state index in [2.05, 4.69) is 38.8 Å². The Bertz CT molecular complexity index is 965. The molecule has 1 fully saturated rings. The number of aromatic nitrogens is 5. The first kappa shape index (κ1) is 19.8. The van der Waals surface area contributed by atoms with Crippen LogP contribution in [0, 0.1) is 0 Å². The number of carbonyl (C=O) groups is 1. The van der Waals surface area contributed by atoms with E-state index in [1.807, 2.05) is 35.2 Å². The van der Waals surface area contributed by atoms with E-state index in [0.717, 1.165) is 5.82 Å². The molecule has 1 amide bonds. The number of carbonyl (C=O) groups excluding carboxylic acids is 1. The highest BCUT2D eigenvalue weighted by molar-refractivity contribution is 5.78. The number of rotatable bonds is 6. The summed E-state index contributed by atoms with van der Waals surface area (Å²) in [6.45, 7) is 6.98. The Morgan fingerprint density at radius 3 is 2.43 bits per heavy atom. The number of amides is 1. The molecular formula is C21H25N7O2. The van der Waals surface area contributed by atoms with Gasteiger partial charge < -0.3 is 14.5 Å². The lowest BCUT2D eigenvalue weighted by Gasteiger charge is -2.35. The Hall–Kier alpha value is -3.49. The topological polar surface area (TPSA) is 89.3 Å². The molecule has 4 rings (SSSR count). The Labute approximate surface area is 175 Å². The third-order valence-corrected chi connectivity index (χ3v) is 5.16. The number of hydrogen-bond donors (Lipinski definition) is 0. The van der Waals surface area contributed by atoms with Crippen molar-refractivity contribution in [3.63, 3.8) is 0 Å². The van der Waals surface area contributed by atoms with E-state index in [-0.39, 0.29) is 12.5 Å². The van der Waals surface area contributed by atoms with Gasteiger partial charge in [-0.05, 0) is 23.6 Å². The Kier molecular flexibility index (Phi) is 5.87. The highest BCUT2D eigenvalue weighted by Gasteiger charge is 2.22. The fourth-order valence-corrected chi connectivity index (χ4v) is 3.33. The monoisotopic (exact) mass is 407 g/mol. The van der Waals surface area contributed by atoms with Crippen molar-refractivity contribution in [3.05, 3.63) is 54.9 Å². The minimum absolute atomic E-state index is 0.00595. The van der Waals surface area contributed by atoms with E-state index >= 15 is 0 Å². The molecule has 0 unspecified atom stereocenters. The van der Waals surface area contributed by atoms with Gasteiger partial charge in [-0.2, -0.15) is 5.10 Å². The van der Waals surface area contributed by atoms with Crippen LogP contribution in [0.15, 0.2) is 49.3 Å². The van der Waals surface area contributed by atoms with Crippen LogP contribution in [0.4, 0.5) is 5.82 Å². The van der Waals surface area contributed by atoms with Crippen LogP contribution in [0.2, 0.25) is 0 Å². The van der Waals surface area contributed by atoms with Gasteiger partial charge in [0.05, 0.1) is 0 Å². The average molecular weight is 407 g/mol. The summed E-state index contributed by atoms with van der Waals surface area (Å²) in [6.07, 6.45) is 4.58. The molecule has 2 aromatic heterocycles. The molecule has 0 aliphatic carbocycles. The van der Waals surface area contributed by atoms with Gasteiger partial charge >= 0.3 is 0 Å². The molecule has 1 aromatic carbocycles. The van der Waals surface area contributed by atoms with E-state index < -0.39 is 0 Å². The summed E-state index contributed by atoms with van der Waals surface area (Å²) in [5, 5.41) is 4.10. The summed E-state index contributed by atoms with van der Waals surface area (Å²) >= 11 is 0. The molecule has 3 heterocycles. The molecule has 0 atom stereocenters. The van der Waals surface area contributed by atoms with E-state index in [1.54, 1.807) is 11.0 Å². The Morgan fingerprint density at radius 1 is 1.03 bits per heavy atom. The van der Waals surface area contributed by atoms with Crippen LogP contribution in [0.25, 0.3) is 5.82 Å². The van der Waals surface area contributed by atoms with Gasteiger partial charge in [-0.1, -0.05) is 26.0 Å². The maximum atomic E-state index is 12.5. The van der Waals surface area contributed by atoms with Crippen molar-refractivity contribution < 1.29 is 9.53 Å². The maximum absolute atomic E-state index is 12.5. The maximum Gasteiger partial charge on any atom is 0.260 e. The highest BCUT2D eigenvalue weighted by Crippen LogP contribution is 2.19. The van der Waals surface area contributed by atoms with Crippen molar-refractivity contribution in [1.82, 2.24) is 29.6 Å². The third-order valence-electron chi connectivity index (χ3n) is 5.16. The van der Waals surface area contributed by atoms with Crippen molar-refractivity contribution in [2.45, 2.75) is 19.8 Å². The number of anilines is 1. The summed E-state index contributed by atoms with van der Waals surface area (Å²) in [7, 11) is 0. The standard InChI is InChI=1S/C21H25N7O2/c1-16(2)17-3-5-18(6-4-17)30-12-21(29)27-9-7-26(8-10-27)19-11-20(24-14-23-19)28-15-22-13-25-28/h3-6,11,13-16H,7-10,12H2,1-2H3. The average Bonchev–Trinajstić information content (AvgIpc) is 3.33. The van der Waals surface area contributed by atoms with Gasteiger partial charge in [0.2, 0.25) is 0 Å². The summed E-state index contributed by atoms with van der Waals surface area (Å²) < 4.78 is 7.28. The van der Waals surface area contributed by atoms with Crippen LogP contribution in [0.1, 0.15) is 25.3 Å². The molecule has 9 heteroatoms. The molecule has 0 radical (unpaired) electrons. The second-order valence-electron chi connectivity index (χ2n) is 7.45. The van der Waals surface area contributed by atoms with Crippen LogP contribution in [-0.4, -0.2) is 68.3 Å². The summed E-state index contributed by atoms with van der Waals surface area (Å²) in [4.78, 5) is 29.0. The molecule has 1 aliphatic heterocycles. The third kappa shape index (κ3) is 4.56. The van der Waals surface area contributed by atoms with Gasteiger partial charge in [0.1, 0.15) is 30.5 Å². The Balaban J connectivity index is 1.29. The molecule has 0 saturated carbocycles. The molecule has 156 valence electrons. The lowest BCUT2D eigenvalue weighted by molar-refractivity contribution is -0.133. The zero-order valence-electron chi connectivity index (χ0n) is 17.2. The smallest absolute Gasteiger partial charge is 0.260 e. The largest absolute Gasteiger partial charge is 0.484 e. The lowest BCUT2D eigenvalue weighted by atomic mass is 10.0. The molecule has 3 aromatic rings. The minimum Gasteiger partial charge on any atom is -0.484 e. The number of hydrogen-bond acceptors (Lipinski definition) is 7. The summed E-state index contributed by atoms with van der Waals surface area (Å²) in [6, 6.07) is 9.79. The summed E-state index contributed by atoms with van der Waals surface area (Å²) in [5.74, 6) is 2.65. The molecule has 0 spiro atoms. The van der Waals surface area contributed by atoms with E-state index in [4.69, 9.17) is 4.74 Å². The number of piperazine rings is 1. The fraction of sp³-hybridized carbons (Fsp3) is 0.381. The van der Waals surface area contributed by atoms with Gasteiger partial charge in [-0.15, -0.1) is 0 Å². The van der Waals surface area contributed by atoms with Crippen molar-refractivity contribution in [2.24, 2.45) is 0 Å². The molecule has 9 nitrogen and oxygen atoms in total. The van der Waals surface area contributed by atoms with Crippen molar-refractivity contribution in [2.75, 3.05) is 37.7 Å². The zero-order valence-corrected chi connectivity index (χ0v) is 17.2. The van der Waals surface area contributed by atoms with Gasteiger partial charge in [0.25, 0.3) is 5.91 Å². The van der Waals surface area contributed by atoms with Gasteiger partial charge in [-0.3, -0.25) is 4.79 Å². The van der Waals surface area contributed by atoms with Gasteiger partial charge in [0.15, 0.2) is 12.4 Å². The second kappa shape index (κ2) is 8.89. The molecule has 1 saturated heterocycles. The van der Waals surface area contributed by atoms with E-state index in [9.17, 15) is 4.79 Å². The predicted molar refractivity (Wildman–Crippen MR) is 112 cm³/mol. The SMILES string of the molecule is CC(C)c1ccc(OCC(=O)N2CCN(c3cc(-n4cncn4)ncn3)CC2)cc1. The first-order valence-electron chi connectivity index (χ1n) is 10.0. The van der Waals surface area contributed by atoms with E-state index in [0.29, 0.717) is 43.7 Å². The zero-order chi connectivity index (χ0) is 20.9. The Morgan fingerprint density at radius 2 is 1.77 bits per heavy atom. The second-order valence-corrected chi connectivity index (χ2v) is 7.45. The number of benzene rings is 1. The molecule has 1 aliphatic rings. The normalized spacial score (nSPS) is 14.2. The van der Waals surface area contributed by atoms with Crippen LogP contribution in [0.5, 0.6) is 5.75 Å². The van der Waals surface area contributed by atoms with Gasteiger partial charge in [-0.25, -0.2) is 19.6 Å². The van der Waals surface area contributed by atoms with Crippen molar-refractivity contribution in [3.8, 4) is 11.6 Å². The summed E-state index contributed by atoms with van der Waals surface area (Å²) in [5.41, 5.74) is 1.25. The van der Waals surface area contributed by atoms with Crippen molar-refractivity contribution in [1.29, 1.82) is 0 Å². The molecular weight excluding hydrogens is 382 g/mol. The molecule has 0 N–H and O–H groups in total. The van der Waals surface area contributed by atoms with Crippen LogP contribution in [0.3, 0.4) is 0 Å². The van der Waals surface area contributed by atoms with Crippen molar-refractivity contribution >= 4 is 11.7 Å². The first-order chi connectivity index (χ1) is 14.6. The molecule has 30 heavy (non-hydrogen) atoms. The predicted octanol–water partition coefficient (Wildman–Crippen LogP) is 1.91. The van der Waals surface area contributed by atoms with Gasteiger partial charge in [0, 0.05) is 32.2 Å². The van der Waals surface area contributed by atoms with Crippen LogP contribution in [-0.2, 0) is 4.79 Å². The highest BCUT2D eigenvalue weighted by atomic mass is 16.5. The quantitative estimate of drug-likeness (QED) is 0.617. The number of nitrogens with zero attached hydrogens (tertiary/aromatic N) is 7. The lowest BCUT2D eigenvalue weighted by Crippen LogP contribution is -2.50. The minimum atomic E-state index is -0.00595. The van der Waals surface area contributed by atoms with Crippen LogP contribution < -0.4 is 9.64 Å². The molecule has 0 bridgehead atoms. The van der Waals surface area contributed by atoms with Crippen LogP contribution >= 0.6 is 0 Å².